The average molecular weight is 264 g/mol. The predicted molar refractivity (Wildman–Crippen MR) is 70.4 cm³/mol. The van der Waals surface area contributed by atoms with Crippen molar-refractivity contribution in [1.82, 2.24) is 4.90 Å². The first-order valence-electron chi connectivity index (χ1n) is 5.83. The summed E-state index contributed by atoms with van der Waals surface area (Å²) >= 11 is 0. The number of carbonyl (C=O) groups excluding carboxylic acids is 1. The molecule has 5 heteroatoms. The van der Waals surface area contributed by atoms with Gasteiger partial charge in [0.2, 0.25) is 5.69 Å². The summed E-state index contributed by atoms with van der Waals surface area (Å²) in [4.78, 5) is 16.1. The van der Waals surface area contributed by atoms with Crippen molar-refractivity contribution in [3.8, 4) is 0 Å². The van der Waals surface area contributed by atoms with Gasteiger partial charge in [0.25, 0.3) is 0 Å². The third kappa shape index (κ3) is 4.25. The molecule has 0 aromatic heterocycles. The number of ether oxygens (including phenoxy) is 1. The van der Waals surface area contributed by atoms with Crippen LogP contribution in [0.1, 0.15) is 26.3 Å². The first kappa shape index (κ1) is 15.0. The summed E-state index contributed by atoms with van der Waals surface area (Å²) in [6.45, 7) is 12.2. The van der Waals surface area contributed by atoms with E-state index in [1.807, 2.05) is 0 Å². The first-order valence-corrected chi connectivity index (χ1v) is 5.83. The van der Waals surface area contributed by atoms with E-state index in [-0.39, 0.29) is 12.2 Å². The molecule has 0 heterocycles. The van der Waals surface area contributed by atoms with Gasteiger partial charge in [-0.05, 0) is 26.3 Å². The van der Waals surface area contributed by atoms with Crippen molar-refractivity contribution in [2.75, 3.05) is 7.05 Å². The Balaban J connectivity index is 2.81. The quantitative estimate of drug-likeness (QED) is 0.762. The van der Waals surface area contributed by atoms with Crippen molar-refractivity contribution < 1.29 is 13.9 Å². The maximum atomic E-state index is 13.8. The van der Waals surface area contributed by atoms with E-state index in [0.29, 0.717) is 5.56 Å². The van der Waals surface area contributed by atoms with Crippen molar-refractivity contribution in [2.45, 2.75) is 32.9 Å². The number of carbonyl (C=O) groups is 1. The Morgan fingerprint density at radius 1 is 1.47 bits per heavy atom. The van der Waals surface area contributed by atoms with Gasteiger partial charge in [0.1, 0.15) is 11.4 Å². The maximum absolute atomic E-state index is 13.8. The summed E-state index contributed by atoms with van der Waals surface area (Å²) in [5.74, 6) is -0.590. The molecule has 19 heavy (non-hydrogen) atoms. The van der Waals surface area contributed by atoms with Crippen molar-refractivity contribution >= 4 is 11.8 Å². The van der Waals surface area contributed by atoms with Gasteiger partial charge < -0.3 is 9.64 Å². The van der Waals surface area contributed by atoms with Gasteiger partial charge >= 0.3 is 6.09 Å². The normalized spacial score (nSPS) is 10.7. The molecule has 0 N–H and O–H groups in total. The molecule has 0 atom stereocenters. The molecule has 0 aliphatic carbocycles. The van der Waals surface area contributed by atoms with Gasteiger partial charge in [0.15, 0.2) is 0 Å². The number of halogens is 1. The van der Waals surface area contributed by atoms with Gasteiger partial charge in [-0.15, -0.1) is 0 Å². The molecule has 1 aromatic carbocycles. The molecule has 1 aromatic rings. The second-order valence-electron chi connectivity index (χ2n) is 5.20. The van der Waals surface area contributed by atoms with Gasteiger partial charge in [-0.25, -0.2) is 14.0 Å². The minimum atomic E-state index is -0.595. The van der Waals surface area contributed by atoms with E-state index in [2.05, 4.69) is 4.85 Å². The van der Waals surface area contributed by atoms with Gasteiger partial charge in [-0.3, -0.25) is 0 Å². The molecule has 0 fully saturated rings. The van der Waals surface area contributed by atoms with Crippen molar-refractivity contribution in [3.63, 3.8) is 0 Å². The van der Waals surface area contributed by atoms with Crippen LogP contribution in [0.4, 0.5) is 14.9 Å². The number of hydrogen-bond donors (Lipinski definition) is 0. The number of rotatable bonds is 2. The predicted octanol–water partition coefficient (Wildman–Crippen LogP) is 3.74. The molecule has 0 aliphatic heterocycles. The van der Waals surface area contributed by atoms with Gasteiger partial charge in [-0.2, -0.15) is 0 Å². The Hall–Kier alpha value is -2.09. The van der Waals surface area contributed by atoms with Gasteiger partial charge in [-0.1, -0.05) is 18.2 Å². The van der Waals surface area contributed by atoms with Crippen LogP contribution in [0.25, 0.3) is 4.85 Å². The second-order valence-corrected chi connectivity index (χ2v) is 5.20. The van der Waals surface area contributed by atoms with E-state index in [0.717, 1.165) is 0 Å². The standard InChI is InChI=1S/C14H17FN2O2/c1-14(2,3)19-13(18)17(5)9-10-7-6-8-11(16-4)12(10)15/h6-8H,9H2,1-3,5H3. The van der Waals surface area contributed by atoms with Crippen molar-refractivity contribution in [2.24, 2.45) is 0 Å². The van der Waals surface area contributed by atoms with E-state index in [1.54, 1.807) is 32.9 Å². The van der Waals surface area contributed by atoms with Crippen LogP contribution >= 0.6 is 0 Å². The number of hydrogen-bond acceptors (Lipinski definition) is 2. The van der Waals surface area contributed by atoms with Crippen LogP contribution in [0.3, 0.4) is 0 Å². The Kier molecular flexibility index (Phi) is 4.49. The highest BCUT2D eigenvalue weighted by molar-refractivity contribution is 5.67. The number of amides is 1. The van der Waals surface area contributed by atoms with E-state index >= 15 is 0 Å². The zero-order valence-electron chi connectivity index (χ0n) is 11.5. The molecule has 102 valence electrons. The molecule has 1 amide bonds. The fourth-order valence-electron chi connectivity index (χ4n) is 1.43. The van der Waals surface area contributed by atoms with E-state index in [1.165, 1.54) is 18.0 Å². The Labute approximate surface area is 112 Å². The van der Waals surface area contributed by atoms with Gasteiger partial charge in [0, 0.05) is 7.05 Å². The van der Waals surface area contributed by atoms with Crippen LogP contribution in [-0.2, 0) is 11.3 Å². The van der Waals surface area contributed by atoms with Crippen LogP contribution in [0, 0.1) is 12.4 Å². The van der Waals surface area contributed by atoms with E-state index in [9.17, 15) is 9.18 Å². The lowest BCUT2D eigenvalue weighted by molar-refractivity contribution is 0.0284. The first-order chi connectivity index (χ1) is 8.74. The lowest BCUT2D eigenvalue weighted by atomic mass is 10.1. The van der Waals surface area contributed by atoms with Crippen LogP contribution in [0.5, 0.6) is 0 Å². The molecule has 0 saturated carbocycles. The maximum Gasteiger partial charge on any atom is 0.410 e. The minimum Gasteiger partial charge on any atom is -0.444 e. The topological polar surface area (TPSA) is 33.9 Å². The van der Waals surface area contributed by atoms with Gasteiger partial charge in [0.05, 0.1) is 13.1 Å². The molecule has 0 bridgehead atoms. The van der Waals surface area contributed by atoms with Crippen LogP contribution in [0.2, 0.25) is 0 Å². The molecule has 0 unspecified atom stereocenters. The van der Waals surface area contributed by atoms with Crippen LogP contribution in [-0.4, -0.2) is 23.6 Å². The number of nitrogens with zero attached hydrogens (tertiary/aromatic N) is 2. The summed E-state index contributed by atoms with van der Waals surface area (Å²) in [6.07, 6.45) is -0.528. The molecule has 0 aliphatic rings. The fraction of sp³-hybridized carbons (Fsp3) is 0.429. The van der Waals surface area contributed by atoms with Crippen molar-refractivity contribution in [3.05, 3.63) is 41.0 Å². The van der Waals surface area contributed by atoms with Crippen LogP contribution < -0.4 is 0 Å². The number of benzene rings is 1. The second kappa shape index (κ2) is 5.70. The van der Waals surface area contributed by atoms with E-state index in [4.69, 9.17) is 11.3 Å². The Bertz CT molecular complexity index is 515. The Morgan fingerprint density at radius 3 is 2.63 bits per heavy atom. The SMILES string of the molecule is [C-]#[N+]c1cccc(CN(C)C(=O)OC(C)(C)C)c1F. The summed E-state index contributed by atoms with van der Waals surface area (Å²) in [6, 6.07) is 4.54. The molecule has 1 rings (SSSR count). The third-order valence-corrected chi connectivity index (χ3v) is 2.29. The monoisotopic (exact) mass is 264 g/mol. The molecule has 0 radical (unpaired) electrons. The summed E-state index contributed by atoms with van der Waals surface area (Å²) in [5.41, 5.74) is -0.348. The summed E-state index contributed by atoms with van der Waals surface area (Å²) < 4.78 is 19.0. The summed E-state index contributed by atoms with van der Waals surface area (Å²) in [5, 5.41) is 0. The zero-order valence-corrected chi connectivity index (χ0v) is 11.5. The lowest BCUT2D eigenvalue weighted by Crippen LogP contribution is -2.34. The minimum absolute atomic E-state index is 0.0462. The summed E-state index contributed by atoms with van der Waals surface area (Å²) in [7, 11) is 1.53. The van der Waals surface area contributed by atoms with E-state index < -0.39 is 17.5 Å². The molecule has 0 spiro atoms. The smallest absolute Gasteiger partial charge is 0.410 e. The fourth-order valence-corrected chi connectivity index (χ4v) is 1.43. The van der Waals surface area contributed by atoms with Crippen molar-refractivity contribution in [1.29, 1.82) is 0 Å². The zero-order chi connectivity index (χ0) is 14.6. The average Bonchev–Trinajstić information content (AvgIpc) is 2.29. The highest BCUT2D eigenvalue weighted by Gasteiger charge is 2.20. The third-order valence-electron chi connectivity index (χ3n) is 2.29. The molecule has 4 nitrogen and oxygen atoms in total. The highest BCUT2D eigenvalue weighted by Crippen LogP contribution is 2.22. The highest BCUT2D eigenvalue weighted by atomic mass is 19.1. The Morgan fingerprint density at radius 2 is 2.11 bits per heavy atom. The molecule has 0 saturated heterocycles. The molecular weight excluding hydrogens is 247 g/mol. The lowest BCUT2D eigenvalue weighted by Gasteiger charge is -2.24. The molecular formula is C14H17FN2O2. The van der Waals surface area contributed by atoms with Crippen LogP contribution in [0.15, 0.2) is 18.2 Å². The largest absolute Gasteiger partial charge is 0.444 e.